The highest BCUT2D eigenvalue weighted by Crippen LogP contribution is 1.82. The van der Waals surface area contributed by atoms with E-state index in [1.54, 1.807) is 6.08 Å². The van der Waals surface area contributed by atoms with Gasteiger partial charge in [-0.15, -0.1) is 5.98 Å². The molecule has 0 radical (unpaired) electrons. The van der Waals surface area contributed by atoms with Crippen molar-refractivity contribution < 1.29 is 0 Å². The van der Waals surface area contributed by atoms with Crippen LogP contribution in [0.15, 0.2) is 24.2 Å². The summed E-state index contributed by atoms with van der Waals surface area (Å²) in [5.74, 6) is 1.85. The number of nitrogens with one attached hydrogen (secondary N) is 1. The van der Waals surface area contributed by atoms with Gasteiger partial charge >= 0.3 is 0 Å². The molecule has 0 aliphatic carbocycles. The van der Waals surface area contributed by atoms with E-state index < -0.39 is 0 Å². The molecule has 36 valence electrons. The molecular weight excluding hydrogens is 84.9 g/mol. The van der Waals surface area contributed by atoms with E-state index in [0.29, 0.717) is 0 Å². The summed E-state index contributed by atoms with van der Waals surface area (Å²) >= 11 is 0. The third-order valence-corrected chi connectivity index (χ3v) is 0.566. The van der Waals surface area contributed by atoms with E-state index >= 15 is 0 Å². The second-order valence-electron chi connectivity index (χ2n) is 1.22. The average Bonchev–Trinajstić information content (AvgIpc) is 1.68. The summed E-state index contributed by atoms with van der Waals surface area (Å²) in [6, 6.07) is 0. The maximum Gasteiger partial charge on any atom is 0.129 e. The van der Waals surface area contributed by atoms with Crippen LogP contribution in [0.2, 0.25) is 0 Å². The van der Waals surface area contributed by atoms with E-state index in [1.165, 1.54) is 6.21 Å². The minimum Gasteiger partial charge on any atom is -0.308 e. The van der Waals surface area contributed by atoms with E-state index in [1.807, 2.05) is 13.8 Å². The Morgan fingerprint density at radius 1 is 1.71 bits per heavy atom. The summed E-state index contributed by atoms with van der Waals surface area (Å²) in [7, 11) is 1.90. The quantitative estimate of drug-likeness (QED) is 0.289. The van der Waals surface area contributed by atoms with Gasteiger partial charge in [0.2, 0.25) is 0 Å². The molecule has 0 aliphatic heterocycles. The molecule has 0 aromatic rings. The van der Waals surface area contributed by atoms with Gasteiger partial charge in [0.1, 0.15) is 7.85 Å². The highest BCUT2D eigenvalue weighted by Gasteiger charge is 1.71. The van der Waals surface area contributed by atoms with Gasteiger partial charge in [-0.25, -0.2) is 0 Å². The number of rotatable bonds is 2. The molecule has 0 atom stereocenters. The SMILES string of the molecule is B/C=C/C(=C)C=N. The fourth-order valence-electron chi connectivity index (χ4n) is 0.262. The first-order chi connectivity index (χ1) is 3.31. The van der Waals surface area contributed by atoms with Crippen LogP contribution >= 0.6 is 0 Å². The monoisotopic (exact) mass is 93.1 g/mol. The van der Waals surface area contributed by atoms with E-state index in [0.717, 1.165) is 5.57 Å². The van der Waals surface area contributed by atoms with E-state index in [2.05, 4.69) is 6.58 Å². The van der Waals surface area contributed by atoms with Crippen LogP contribution in [0.1, 0.15) is 0 Å². The molecule has 0 saturated carbocycles. The van der Waals surface area contributed by atoms with Crippen LogP contribution in [0.4, 0.5) is 0 Å². The summed E-state index contributed by atoms with van der Waals surface area (Å²) in [5, 5.41) is 6.64. The third-order valence-electron chi connectivity index (χ3n) is 0.566. The van der Waals surface area contributed by atoms with Crippen LogP contribution < -0.4 is 0 Å². The smallest absolute Gasteiger partial charge is 0.129 e. The van der Waals surface area contributed by atoms with Gasteiger partial charge in [0.25, 0.3) is 0 Å². The van der Waals surface area contributed by atoms with Crippen molar-refractivity contribution >= 4 is 14.1 Å². The van der Waals surface area contributed by atoms with Crippen molar-refractivity contribution in [1.82, 2.24) is 0 Å². The van der Waals surface area contributed by atoms with Gasteiger partial charge in [-0.05, 0) is 5.57 Å². The minimum atomic E-state index is 0.738. The Balaban J connectivity index is 3.58. The molecule has 0 aromatic heterocycles. The van der Waals surface area contributed by atoms with E-state index in [4.69, 9.17) is 5.41 Å². The van der Waals surface area contributed by atoms with Gasteiger partial charge in [0, 0.05) is 6.21 Å². The largest absolute Gasteiger partial charge is 0.308 e. The summed E-state index contributed by atoms with van der Waals surface area (Å²) in [4.78, 5) is 0. The molecule has 0 heterocycles. The topological polar surface area (TPSA) is 23.9 Å². The highest BCUT2D eigenvalue weighted by molar-refractivity contribution is 6.17. The minimum absolute atomic E-state index is 0.738. The van der Waals surface area contributed by atoms with Gasteiger partial charge in [-0.3, -0.25) is 0 Å². The summed E-state index contributed by atoms with van der Waals surface area (Å²) < 4.78 is 0. The zero-order valence-electron chi connectivity index (χ0n) is 4.44. The first kappa shape index (κ1) is 6.21. The second kappa shape index (κ2) is 3.41. The van der Waals surface area contributed by atoms with Crippen LogP contribution in [0, 0.1) is 5.41 Å². The predicted molar refractivity (Wildman–Crippen MR) is 35.6 cm³/mol. The van der Waals surface area contributed by atoms with Crippen LogP contribution in [0.3, 0.4) is 0 Å². The molecule has 0 aromatic carbocycles. The Kier molecular flexibility index (Phi) is 3.02. The first-order valence-corrected chi connectivity index (χ1v) is 2.13. The van der Waals surface area contributed by atoms with Crippen molar-refractivity contribution in [3.8, 4) is 0 Å². The highest BCUT2D eigenvalue weighted by atomic mass is 14.3. The Hall–Kier alpha value is -0.785. The fraction of sp³-hybridized carbons (Fsp3) is 0. The van der Waals surface area contributed by atoms with Gasteiger partial charge in [0.05, 0.1) is 0 Å². The molecule has 0 amide bonds. The van der Waals surface area contributed by atoms with Crippen LogP contribution in [0.5, 0.6) is 0 Å². The third kappa shape index (κ3) is 3.03. The molecule has 1 N–H and O–H groups in total. The second-order valence-corrected chi connectivity index (χ2v) is 1.22. The van der Waals surface area contributed by atoms with Gasteiger partial charge in [0.15, 0.2) is 0 Å². The Morgan fingerprint density at radius 3 is 2.43 bits per heavy atom. The normalized spacial score (nSPS) is 9.14. The van der Waals surface area contributed by atoms with E-state index in [-0.39, 0.29) is 0 Å². The lowest BCUT2D eigenvalue weighted by Crippen LogP contribution is -1.70. The lowest BCUT2D eigenvalue weighted by molar-refractivity contribution is 1.56. The number of hydrogen-bond donors (Lipinski definition) is 1. The Bertz CT molecular complexity index is 105. The molecule has 0 spiro atoms. The van der Waals surface area contributed by atoms with Gasteiger partial charge in [-0.1, -0.05) is 12.7 Å². The number of hydrogen-bond acceptors (Lipinski definition) is 1. The molecular formula is C5H8BN. The maximum atomic E-state index is 6.64. The molecule has 0 aliphatic rings. The lowest BCUT2D eigenvalue weighted by Gasteiger charge is -1.78. The van der Waals surface area contributed by atoms with Gasteiger partial charge < -0.3 is 5.41 Å². The van der Waals surface area contributed by atoms with Crippen molar-refractivity contribution in [2.75, 3.05) is 0 Å². The van der Waals surface area contributed by atoms with Crippen molar-refractivity contribution in [2.45, 2.75) is 0 Å². The molecule has 0 bridgehead atoms. The molecule has 0 fully saturated rings. The van der Waals surface area contributed by atoms with Crippen molar-refractivity contribution in [3.05, 3.63) is 24.2 Å². The summed E-state index contributed by atoms with van der Waals surface area (Å²) in [5.41, 5.74) is 0.738. The zero-order chi connectivity index (χ0) is 5.70. The zero-order valence-corrected chi connectivity index (χ0v) is 4.44. The van der Waals surface area contributed by atoms with Crippen LogP contribution in [-0.4, -0.2) is 14.1 Å². The summed E-state index contributed by atoms with van der Waals surface area (Å²) in [6.07, 6.45) is 3.01. The molecule has 0 rings (SSSR count). The van der Waals surface area contributed by atoms with E-state index in [9.17, 15) is 0 Å². The molecule has 7 heavy (non-hydrogen) atoms. The molecule has 0 saturated heterocycles. The summed E-state index contributed by atoms with van der Waals surface area (Å²) in [6.45, 7) is 3.53. The molecule has 2 heteroatoms. The Morgan fingerprint density at radius 2 is 2.29 bits per heavy atom. The lowest BCUT2D eigenvalue weighted by atomic mass is 10.1. The van der Waals surface area contributed by atoms with Crippen LogP contribution in [0.25, 0.3) is 0 Å². The first-order valence-electron chi connectivity index (χ1n) is 2.13. The molecule has 1 nitrogen and oxygen atoms in total. The van der Waals surface area contributed by atoms with Crippen LogP contribution in [-0.2, 0) is 0 Å². The van der Waals surface area contributed by atoms with Crippen molar-refractivity contribution in [2.24, 2.45) is 0 Å². The maximum absolute atomic E-state index is 6.64. The number of allylic oxidation sites excluding steroid dienone is 2. The standard InChI is InChI=1S/C5H8BN/c1-5(4-7)2-3-6/h2-4,7H,1,6H2/b3-2+,7-4?. The predicted octanol–water partition coefficient (Wildman–Crippen LogP) is 0.339. The Labute approximate surface area is 44.7 Å². The fourth-order valence-corrected chi connectivity index (χ4v) is 0.262. The average molecular weight is 92.9 g/mol. The van der Waals surface area contributed by atoms with Gasteiger partial charge in [-0.2, -0.15) is 0 Å². The van der Waals surface area contributed by atoms with Crippen molar-refractivity contribution in [1.29, 1.82) is 5.41 Å². The van der Waals surface area contributed by atoms with Crippen molar-refractivity contribution in [3.63, 3.8) is 0 Å². The molecule has 0 unspecified atom stereocenters.